The number of hydrogen-bond acceptors (Lipinski definition) is 9. The van der Waals surface area contributed by atoms with E-state index in [1.807, 2.05) is 18.6 Å². The molecule has 0 unspecified atom stereocenters. The summed E-state index contributed by atoms with van der Waals surface area (Å²) in [5, 5.41) is 19.1. The van der Waals surface area contributed by atoms with Crippen molar-refractivity contribution in [1.29, 1.82) is 0 Å². The summed E-state index contributed by atoms with van der Waals surface area (Å²) >= 11 is 1.35. The van der Waals surface area contributed by atoms with Crippen LogP contribution < -0.4 is 0 Å². The Kier molecular flexibility index (Phi) is 3.75. The van der Waals surface area contributed by atoms with E-state index in [0.29, 0.717) is 22.5 Å². The number of aryl methyl sites for hydroxylation is 2. The number of thiophene rings is 1. The van der Waals surface area contributed by atoms with Crippen LogP contribution in [-0.4, -0.2) is 52.9 Å². The molecule has 4 aromatic heterocycles. The molecule has 4 saturated carbocycles. The lowest BCUT2D eigenvalue weighted by Crippen LogP contribution is -2.59. The summed E-state index contributed by atoms with van der Waals surface area (Å²) in [5.74, 6) is 2.50. The fraction of sp³-hybridized carbons (Fsp3) is 0.591. The number of aromatic nitrogens is 8. The molecule has 8 rings (SSSR count). The van der Waals surface area contributed by atoms with E-state index in [9.17, 15) is 4.79 Å². The minimum absolute atomic E-state index is 0.0981. The van der Waals surface area contributed by atoms with Crippen molar-refractivity contribution in [2.45, 2.75) is 63.3 Å². The second-order valence-electron chi connectivity index (χ2n) is 10.3. The summed E-state index contributed by atoms with van der Waals surface area (Å²) in [6, 6.07) is 0. The average molecular weight is 465 g/mol. The van der Waals surface area contributed by atoms with Gasteiger partial charge in [0.15, 0.2) is 17.3 Å². The molecule has 170 valence electrons. The van der Waals surface area contributed by atoms with Gasteiger partial charge in [0.1, 0.15) is 16.0 Å². The van der Waals surface area contributed by atoms with Gasteiger partial charge in [-0.2, -0.15) is 4.80 Å². The highest BCUT2D eigenvalue weighted by Crippen LogP contribution is 2.64. The van der Waals surface area contributed by atoms with Crippen LogP contribution in [0.5, 0.6) is 0 Å². The summed E-state index contributed by atoms with van der Waals surface area (Å²) < 4.78 is 6.74. The Balaban J connectivity index is 1.38. The highest BCUT2D eigenvalue weighted by Gasteiger charge is 2.61. The van der Waals surface area contributed by atoms with Crippen LogP contribution in [0.1, 0.15) is 65.4 Å². The number of esters is 1. The maximum atomic E-state index is 12.2. The third-order valence-electron chi connectivity index (χ3n) is 8.08. The van der Waals surface area contributed by atoms with Crippen LogP contribution in [0.4, 0.5) is 0 Å². The van der Waals surface area contributed by atoms with E-state index in [-0.39, 0.29) is 16.9 Å². The van der Waals surface area contributed by atoms with Gasteiger partial charge < -0.3 is 4.74 Å². The van der Waals surface area contributed by atoms with Gasteiger partial charge in [-0.3, -0.25) is 0 Å². The molecule has 0 aromatic carbocycles. The SMILES string of the molecule is COC(=O)c1sc2ncn3nc(C45C[C@H]6C[C@H](C4)CC(n4nnc(C)n4)(C6)C5)nc3c2c1C. The van der Waals surface area contributed by atoms with E-state index >= 15 is 0 Å². The quantitative estimate of drug-likeness (QED) is 0.425. The molecule has 33 heavy (non-hydrogen) atoms. The molecule has 4 heterocycles. The largest absolute Gasteiger partial charge is 0.465 e. The zero-order chi connectivity index (χ0) is 22.5. The molecule has 4 fully saturated rings. The number of fused-ring (bicyclic) bond motifs is 3. The Bertz CT molecular complexity index is 1440. The molecule has 10 nitrogen and oxygen atoms in total. The smallest absolute Gasteiger partial charge is 0.348 e. The summed E-state index contributed by atoms with van der Waals surface area (Å²) in [6.45, 7) is 3.83. The molecule has 11 heteroatoms. The van der Waals surface area contributed by atoms with Crippen LogP contribution >= 0.6 is 11.3 Å². The first-order chi connectivity index (χ1) is 15.9. The summed E-state index contributed by atoms with van der Waals surface area (Å²) in [6.07, 6.45) is 8.32. The number of hydrogen-bond donors (Lipinski definition) is 0. The molecule has 4 aromatic rings. The molecule has 4 aliphatic rings. The number of rotatable bonds is 3. The predicted octanol–water partition coefficient (Wildman–Crippen LogP) is 2.98. The second-order valence-corrected chi connectivity index (χ2v) is 11.3. The average Bonchev–Trinajstić information content (AvgIpc) is 3.49. The normalized spacial score (nSPS) is 30.5. The minimum Gasteiger partial charge on any atom is -0.465 e. The van der Waals surface area contributed by atoms with Gasteiger partial charge in [-0.05, 0) is 75.0 Å². The van der Waals surface area contributed by atoms with Gasteiger partial charge in [0.2, 0.25) is 0 Å². The Morgan fingerprint density at radius 1 is 1.18 bits per heavy atom. The highest BCUT2D eigenvalue weighted by molar-refractivity contribution is 7.20. The van der Waals surface area contributed by atoms with Crippen LogP contribution in [0, 0.1) is 25.7 Å². The lowest BCUT2D eigenvalue weighted by atomic mass is 9.46. The van der Waals surface area contributed by atoms with Gasteiger partial charge in [-0.25, -0.2) is 19.3 Å². The Morgan fingerprint density at radius 2 is 1.97 bits per heavy atom. The number of methoxy groups -OCH3 is 1. The zero-order valence-corrected chi connectivity index (χ0v) is 19.6. The first kappa shape index (κ1) is 19.5. The number of ether oxygens (including phenoxy) is 1. The van der Waals surface area contributed by atoms with Gasteiger partial charge in [-0.1, -0.05) is 0 Å². The first-order valence-corrected chi connectivity index (χ1v) is 12.2. The van der Waals surface area contributed by atoms with E-state index in [4.69, 9.17) is 14.8 Å². The molecule has 4 bridgehead atoms. The molecule has 2 atom stereocenters. The Hall–Kier alpha value is -2.95. The van der Waals surface area contributed by atoms with Crippen LogP contribution in [0.2, 0.25) is 0 Å². The lowest BCUT2D eigenvalue weighted by Gasteiger charge is -2.60. The first-order valence-electron chi connectivity index (χ1n) is 11.4. The molecule has 0 aliphatic heterocycles. The van der Waals surface area contributed by atoms with Gasteiger partial charge in [0.25, 0.3) is 0 Å². The van der Waals surface area contributed by atoms with E-state index in [1.54, 1.807) is 10.8 Å². The molecular formula is C22H24N8O2S. The molecule has 0 amide bonds. The van der Waals surface area contributed by atoms with E-state index in [0.717, 1.165) is 59.4 Å². The summed E-state index contributed by atoms with van der Waals surface area (Å²) in [7, 11) is 1.40. The lowest BCUT2D eigenvalue weighted by molar-refractivity contribution is -0.0785. The van der Waals surface area contributed by atoms with Crippen molar-refractivity contribution in [3.63, 3.8) is 0 Å². The third kappa shape index (κ3) is 2.56. The molecule has 4 aliphatic carbocycles. The predicted molar refractivity (Wildman–Crippen MR) is 119 cm³/mol. The van der Waals surface area contributed by atoms with E-state index < -0.39 is 0 Å². The molecule has 0 radical (unpaired) electrons. The Morgan fingerprint density at radius 3 is 2.67 bits per heavy atom. The minimum atomic E-state index is -0.341. The van der Waals surface area contributed by atoms with Crippen LogP contribution in [0.3, 0.4) is 0 Å². The second kappa shape index (κ2) is 6.34. The van der Waals surface area contributed by atoms with Crippen LogP contribution in [0.15, 0.2) is 6.33 Å². The summed E-state index contributed by atoms with van der Waals surface area (Å²) in [5.41, 5.74) is 1.41. The van der Waals surface area contributed by atoms with Crippen molar-refractivity contribution in [3.05, 3.63) is 28.4 Å². The van der Waals surface area contributed by atoms with Crippen LogP contribution in [0.25, 0.3) is 15.9 Å². The number of nitrogens with zero attached hydrogens (tertiary/aromatic N) is 8. The van der Waals surface area contributed by atoms with Crippen molar-refractivity contribution in [1.82, 2.24) is 39.8 Å². The maximum Gasteiger partial charge on any atom is 0.348 e. The third-order valence-corrected chi connectivity index (χ3v) is 9.26. The van der Waals surface area contributed by atoms with Crippen LogP contribution in [-0.2, 0) is 15.7 Å². The molecule has 0 N–H and O–H groups in total. The molecule has 0 spiro atoms. The fourth-order valence-electron chi connectivity index (χ4n) is 7.24. The molecule has 0 saturated heterocycles. The fourth-order valence-corrected chi connectivity index (χ4v) is 8.30. The number of tetrazole rings is 1. The number of carbonyl (C=O) groups is 1. The maximum absolute atomic E-state index is 12.2. The number of carbonyl (C=O) groups excluding carboxylic acids is 1. The monoisotopic (exact) mass is 464 g/mol. The Labute approximate surface area is 193 Å². The van der Waals surface area contributed by atoms with Gasteiger partial charge in [-0.15, -0.1) is 26.6 Å². The van der Waals surface area contributed by atoms with Gasteiger partial charge in [0, 0.05) is 5.41 Å². The van der Waals surface area contributed by atoms with Crippen molar-refractivity contribution in [2.75, 3.05) is 7.11 Å². The van der Waals surface area contributed by atoms with E-state index in [1.165, 1.54) is 24.9 Å². The molecular weight excluding hydrogens is 440 g/mol. The van der Waals surface area contributed by atoms with Crippen molar-refractivity contribution >= 4 is 33.2 Å². The highest BCUT2D eigenvalue weighted by atomic mass is 32.1. The van der Waals surface area contributed by atoms with Crippen molar-refractivity contribution < 1.29 is 9.53 Å². The topological polar surface area (TPSA) is 113 Å². The van der Waals surface area contributed by atoms with Crippen molar-refractivity contribution in [3.8, 4) is 0 Å². The standard InChI is InChI=1S/C22H24N8O2S/c1-11-15-17-24-20(27-29(17)10-23-18(15)33-16(11)19(31)32-3)21-5-13-4-14(6-21)8-22(7-13,9-21)30-26-12(2)25-28-30/h10,13-14H,4-9H2,1-3H3/t13-,14-,21?,22?/m1/s1. The van der Waals surface area contributed by atoms with Crippen molar-refractivity contribution in [2.24, 2.45) is 11.8 Å². The summed E-state index contributed by atoms with van der Waals surface area (Å²) in [4.78, 5) is 25.2. The van der Waals surface area contributed by atoms with Gasteiger partial charge in [0.05, 0.1) is 18.0 Å². The van der Waals surface area contributed by atoms with Gasteiger partial charge >= 0.3 is 5.97 Å². The van der Waals surface area contributed by atoms with E-state index in [2.05, 4.69) is 20.4 Å². The zero-order valence-electron chi connectivity index (χ0n) is 18.8.